The Hall–Kier alpha value is -1.53. The highest BCUT2D eigenvalue weighted by Crippen LogP contribution is 2.17. The Balaban J connectivity index is 1.91. The molecule has 108 valence electrons. The van der Waals surface area contributed by atoms with Gasteiger partial charge >= 0.3 is 0 Å². The second-order valence-electron chi connectivity index (χ2n) is 4.59. The number of aromatic nitrogens is 3. The van der Waals surface area contributed by atoms with E-state index in [1.807, 2.05) is 12.4 Å². The van der Waals surface area contributed by atoms with Crippen LogP contribution in [0, 0.1) is 0 Å². The first-order chi connectivity index (χ1) is 9.81. The predicted octanol–water partition coefficient (Wildman–Crippen LogP) is 2.78. The average Bonchev–Trinajstić information content (AvgIpc) is 2.93. The van der Waals surface area contributed by atoms with Crippen molar-refractivity contribution in [2.45, 2.75) is 33.4 Å². The van der Waals surface area contributed by atoms with E-state index in [0.717, 1.165) is 42.7 Å². The molecule has 0 radical (unpaired) electrons. The van der Waals surface area contributed by atoms with Crippen molar-refractivity contribution in [1.82, 2.24) is 20.1 Å². The number of rotatable bonds is 8. The molecule has 2 heterocycles. The zero-order valence-corrected chi connectivity index (χ0v) is 12.9. The fourth-order valence-corrected chi connectivity index (χ4v) is 2.65. The summed E-state index contributed by atoms with van der Waals surface area (Å²) in [6.45, 7) is 7.99. The smallest absolute Gasteiger partial charge is 0.205 e. The van der Waals surface area contributed by atoms with Crippen LogP contribution in [0.2, 0.25) is 0 Å². The summed E-state index contributed by atoms with van der Waals surface area (Å²) in [5, 5.41) is 13.7. The summed E-state index contributed by atoms with van der Waals surface area (Å²) in [7, 11) is 0. The molecule has 2 aromatic rings. The minimum atomic E-state index is 0.838. The minimum absolute atomic E-state index is 0.838. The predicted molar refractivity (Wildman–Crippen MR) is 82.7 cm³/mol. The maximum Gasteiger partial charge on any atom is 0.205 e. The van der Waals surface area contributed by atoms with Crippen LogP contribution in [0.1, 0.15) is 30.8 Å². The van der Waals surface area contributed by atoms with E-state index in [1.54, 1.807) is 11.3 Å². The molecule has 5 nitrogen and oxygen atoms in total. The zero-order chi connectivity index (χ0) is 14.2. The van der Waals surface area contributed by atoms with Crippen molar-refractivity contribution in [2.75, 3.05) is 18.4 Å². The fourth-order valence-electron chi connectivity index (χ4n) is 1.84. The molecule has 6 heteroatoms. The van der Waals surface area contributed by atoms with Crippen LogP contribution in [0.5, 0.6) is 0 Å². The first-order valence-electron chi connectivity index (χ1n) is 6.99. The quantitative estimate of drug-likeness (QED) is 0.810. The van der Waals surface area contributed by atoms with Gasteiger partial charge < -0.3 is 5.32 Å². The highest BCUT2D eigenvalue weighted by Gasteiger charge is 2.09. The molecule has 0 aliphatic heterocycles. The van der Waals surface area contributed by atoms with E-state index in [1.165, 1.54) is 5.56 Å². The Morgan fingerprint density at radius 3 is 2.65 bits per heavy atom. The monoisotopic (exact) mass is 291 g/mol. The molecular weight excluding hydrogens is 270 g/mol. The molecule has 2 aromatic heterocycles. The standard InChI is InChI=1S/C14H21N5S/c1-3-7-16-14-18-17-13(20-14)11-19(4-2)10-12-5-8-15-9-6-12/h5-6,8-9H,3-4,7,10-11H2,1-2H3,(H,16,18). The van der Waals surface area contributed by atoms with Gasteiger partial charge in [-0.25, -0.2) is 0 Å². The summed E-state index contributed by atoms with van der Waals surface area (Å²) in [4.78, 5) is 6.39. The SMILES string of the molecule is CCCNc1nnc(CN(CC)Cc2ccncc2)s1. The van der Waals surface area contributed by atoms with Gasteiger partial charge in [-0.1, -0.05) is 25.2 Å². The Labute approximate surface area is 124 Å². The van der Waals surface area contributed by atoms with Gasteiger partial charge in [0.25, 0.3) is 0 Å². The van der Waals surface area contributed by atoms with Crippen molar-refractivity contribution >= 4 is 16.5 Å². The second kappa shape index (κ2) is 7.91. The number of pyridine rings is 1. The number of nitrogens with zero attached hydrogens (tertiary/aromatic N) is 4. The molecule has 0 spiro atoms. The number of hydrogen-bond acceptors (Lipinski definition) is 6. The Morgan fingerprint density at radius 2 is 1.95 bits per heavy atom. The average molecular weight is 291 g/mol. The summed E-state index contributed by atoms with van der Waals surface area (Å²) < 4.78 is 0. The lowest BCUT2D eigenvalue weighted by Crippen LogP contribution is -2.22. The Bertz CT molecular complexity index is 499. The van der Waals surface area contributed by atoms with Gasteiger partial charge in [0, 0.05) is 25.5 Å². The highest BCUT2D eigenvalue weighted by molar-refractivity contribution is 7.15. The zero-order valence-electron chi connectivity index (χ0n) is 12.0. The highest BCUT2D eigenvalue weighted by atomic mass is 32.1. The second-order valence-corrected chi connectivity index (χ2v) is 5.65. The van der Waals surface area contributed by atoms with Crippen molar-refractivity contribution in [2.24, 2.45) is 0 Å². The van der Waals surface area contributed by atoms with Gasteiger partial charge in [-0.2, -0.15) is 0 Å². The maximum atomic E-state index is 4.25. The van der Waals surface area contributed by atoms with Gasteiger partial charge in [-0.3, -0.25) is 9.88 Å². The van der Waals surface area contributed by atoms with Crippen molar-refractivity contribution < 1.29 is 0 Å². The van der Waals surface area contributed by atoms with Crippen LogP contribution in [-0.2, 0) is 13.1 Å². The lowest BCUT2D eigenvalue weighted by Gasteiger charge is -2.18. The largest absolute Gasteiger partial charge is 0.360 e. The summed E-state index contributed by atoms with van der Waals surface area (Å²) in [6.07, 6.45) is 4.76. The maximum absolute atomic E-state index is 4.25. The summed E-state index contributed by atoms with van der Waals surface area (Å²) in [6, 6.07) is 4.11. The van der Waals surface area contributed by atoms with Crippen molar-refractivity contribution in [3.05, 3.63) is 35.1 Å². The van der Waals surface area contributed by atoms with Crippen LogP contribution in [0.4, 0.5) is 5.13 Å². The molecule has 0 aromatic carbocycles. The molecular formula is C14H21N5S. The number of nitrogens with one attached hydrogen (secondary N) is 1. The third-order valence-corrected chi connectivity index (χ3v) is 3.82. The van der Waals surface area contributed by atoms with Crippen LogP contribution in [-0.4, -0.2) is 33.2 Å². The Morgan fingerprint density at radius 1 is 1.15 bits per heavy atom. The first kappa shape index (κ1) is 14.9. The van der Waals surface area contributed by atoms with Crippen molar-refractivity contribution in [3.8, 4) is 0 Å². The minimum Gasteiger partial charge on any atom is -0.360 e. The lowest BCUT2D eigenvalue weighted by molar-refractivity contribution is 0.270. The first-order valence-corrected chi connectivity index (χ1v) is 7.81. The van der Waals surface area contributed by atoms with Crippen LogP contribution >= 0.6 is 11.3 Å². The van der Waals surface area contributed by atoms with Gasteiger partial charge in [-0.15, -0.1) is 10.2 Å². The molecule has 0 amide bonds. The van der Waals surface area contributed by atoms with Crippen LogP contribution in [0.15, 0.2) is 24.5 Å². The topological polar surface area (TPSA) is 53.9 Å². The number of hydrogen-bond donors (Lipinski definition) is 1. The summed E-state index contributed by atoms with van der Waals surface area (Å²) >= 11 is 1.64. The van der Waals surface area contributed by atoms with Crippen LogP contribution in [0.3, 0.4) is 0 Å². The van der Waals surface area contributed by atoms with Gasteiger partial charge in [-0.05, 0) is 30.7 Å². The number of anilines is 1. The van der Waals surface area contributed by atoms with E-state index >= 15 is 0 Å². The fraction of sp³-hybridized carbons (Fsp3) is 0.500. The van der Waals surface area contributed by atoms with Crippen LogP contribution in [0.25, 0.3) is 0 Å². The molecule has 0 aliphatic rings. The normalized spacial score (nSPS) is 10.9. The van der Waals surface area contributed by atoms with E-state index in [0.29, 0.717) is 0 Å². The van der Waals surface area contributed by atoms with E-state index < -0.39 is 0 Å². The molecule has 0 saturated heterocycles. The lowest BCUT2D eigenvalue weighted by atomic mass is 10.2. The van der Waals surface area contributed by atoms with E-state index in [4.69, 9.17) is 0 Å². The molecule has 0 unspecified atom stereocenters. The molecule has 0 atom stereocenters. The molecule has 0 aliphatic carbocycles. The summed E-state index contributed by atoms with van der Waals surface area (Å²) in [5.41, 5.74) is 1.27. The molecule has 2 rings (SSSR count). The molecule has 20 heavy (non-hydrogen) atoms. The molecule has 1 N–H and O–H groups in total. The van der Waals surface area contributed by atoms with Gasteiger partial charge in [0.05, 0.1) is 6.54 Å². The van der Waals surface area contributed by atoms with E-state index in [9.17, 15) is 0 Å². The third kappa shape index (κ3) is 4.54. The van der Waals surface area contributed by atoms with Gasteiger partial charge in [0.2, 0.25) is 5.13 Å². The van der Waals surface area contributed by atoms with Crippen molar-refractivity contribution in [1.29, 1.82) is 0 Å². The third-order valence-electron chi connectivity index (χ3n) is 2.95. The Kier molecular flexibility index (Phi) is 5.88. The summed E-state index contributed by atoms with van der Waals surface area (Å²) in [5.74, 6) is 0. The molecule has 0 fully saturated rings. The molecule has 0 bridgehead atoms. The van der Waals surface area contributed by atoms with Crippen LogP contribution < -0.4 is 5.32 Å². The van der Waals surface area contributed by atoms with Gasteiger partial charge in [0.15, 0.2) is 0 Å². The van der Waals surface area contributed by atoms with E-state index in [-0.39, 0.29) is 0 Å². The molecule has 0 saturated carbocycles. The van der Waals surface area contributed by atoms with E-state index in [2.05, 4.69) is 51.4 Å². The van der Waals surface area contributed by atoms with Gasteiger partial charge in [0.1, 0.15) is 5.01 Å². The van der Waals surface area contributed by atoms with Crippen molar-refractivity contribution in [3.63, 3.8) is 0 Å².